The molecule has 1 amide bonds. The Bertz CT molecular complexity index is 853. The summed E-state index contributed by atoms with van der Waals surface area (Å²) in [6.07, 6.45) is -0.166. The fourth-order valence-electron chi connectivity index (χ4n) is 1.95. The lowest BCUT2D eigenvalue weighted by atomic mass is 10.2. The molecule has 0 bridgehead atoms. The zero-order chi connectivity index (χ0) is 16.4. The Labute approximate surface area is 140 Å². The first-order valence-corrected chi connectivity index (χ1v) is 8.69. The lowest BCUT2D eigenvalue weighted by molar-refractivity contribution is 0.0378. The Morgan fingerprint density at radius 3 is 2.78 bits per heavy atom. The summed E-state index contributed by atoms with van der Waals surface area (Å²) >= 11 is 2.70. The van der Waals surface area contributed by atoms with E-state index in [1.54, 1.807) is 38.1 Å². The number of thiophene rings is 1. The number of nitrogens with one attached hydrogen (secondary N) is 1. The van der Waals surface area contributed by atoms with Crippen LogP contribution in [0.3, 0.4) is 0 Å². The number of anilines is 1. The van der Waals surface area contributed by atoms with E-state index in [4.69, 9.17) is 4.74 Å². The second-order valence-electron chi connectivity index (χ2n) is 5.09. The number of nitrogens with zero attached hydrogens (tertiary/aromatic N) is 1. The van der Waals surface area contributed by atoms with Gasteiger partial charge in [-0.3, -0.25) is 10.1 Å². The average molecular weight is 346 g/mol. The van der Waals surface area contributed by atoms with Crippen molar-refractivity contribution in [2.45, 2.75) is 20.0 Å². The summed E-state index contributed by atoms with van der Waals surface area (Å²) in [5, 5.41) is 5.13. The molecule has 1 N–H and O–H groups in total. The molecule has 0 unspecified atom stereocenters. The van der Waals surface area contributed by atoms with Crippen molar-refractivity contribution in [1.82, 2.24) is 4.98 Å². The van der Waals surface area contributed by atoms with Gasteiger partial charge in [0.2, 0.25) is 0 Å². The van der Waals surface area contributed by atoms with Crippen LogP contribution in [0.4, 0.5) is 5.13 Å². The molecule has 0 saturated heterocycles. The highest BCUT2D eigenvalue weighted by atomic mass is 32.1. The lowest BCUT2D eigenvalue weighted by Crippen LogP contribution is -2.11. The number of amides is 1. The third-order valence-electron chi connectivity index (χ3n) is 2.93. The predicted molar refractivity (Wildman–Crippen MR) is 92.4 cm³/mol. The van der Waals surface area contributed by atoms with E-state index in [9.17, 15) is 9.59 Å². The molecule has 0 fully saturated rings. The van der Waals surface area contributed by atoms with Gasteiger partial charge < -0.3 is 4.74 Å². The number of carbonyl (C=O) groups is 2. The van der Waals surface area contributed by atoms with Crippen LogP contribution in [0.5, 0.6) is 0 Å². The molecule has 7 heteroatoms. The molecule has 0 radical (unpaired) electrons. The van der Waals surface area contributed by atoms with Gasteiger partial charge in [-0.2, -0.15) is 0 Å². The third-order valence-corrected chi connectivity index (χ3v) is 4.73. The number of thiazole rings is 1. The van der Waals surface area contributed by atoms with Crippen LogP contribution in [0.15, 0.2) is 35.7 Å². The highest BCUT2D eigenvalue weighted by Crippen LogP contribution is 2.27. The summed E-state index contributed by atoms with van der Waals surface area (Å²) in [4.78, 5) is 29.0. The van der Waals surface area contributed by atoms with Crippen LogP contribution in [0.25, 0.3) is 10.2 Å². The molecule has 0 aliphatic carbocycles. The fraction of sp³-hybridized carbons (Fsp3) is 0.188. The first kappa shape index (κ1) is 15.6. The van der Waals surface area contributed by atoms with Crippen LogP contribution >= 0.6 is 22.7 Å². The molecule has 0 aliphatic heterocycles. The summed E-state index contributed by atoms with van der Waals surface area (Å²) in [6, 6.07) is 8.75. The van der Waals surface area contributed by atoms with Crippen molar-refractivity contribution in [3.63, 3.8) is 0 Å². The fourth-order valence-corrected chi connectivity index (χ4v) is 3.47. The molecular weight excluding hydrogens is 332 g/mol. The van der Waals surface area contributed by atoms with Crippen molar-refractivity contribution in [1.29, 1.82) is 0 Å². The quantitative estimate of drug-likeness (QED) is 0.720. The second kappa shape index (κ2) is 6.47. The minimum Gasteiger partial charge on any atom is -0.459 e. The number of benzene rings is 1. The highest BCUT2D eigenvalue weighted by molar-refractivity contribution is 7.22. The van der Waals surface area contributed by atoms with Crippen molar-refractivity contribution in [3.8, 4) is 0 Å². The first-order chi connectivity index (χ1) is 11.0. The Hall–Kier alpha value is -2.25. The number of rotatable bonds is 4. The lowest BCUT2D eigenvalue weighted by Gasteiger charge is -2.07. The number of hydrogen-bond acceptors (Lipinski definition) is 6. The Kier molecular flexibility index (Phi) is 4.40. The van der Waals surface area contributed by atoms with Crippen LogP contribution in [0.2, 0.25) is 0 Å². The summed E-state index contributed by atoms with van der Waals surface area (Å²) < 4.78 is 6.01. The zero-order valence-corrected chi connectivity index (χ0v) is 14.2. The maximum absolute atomic E-state index is 12.0. The van der Waals surface area contributed by atoms with E-state index in [-0.39, 0.29) is 18.0 Å². The van der Waals surface area contributed by atoms with Crippen LogP contribution in [-0.2, 0) is 4.74 Å². The summed E-state index contributed by atoms with van der Waals surface area (Å²) in [7, 11) is 0. The third kappa shape index (κ3) is 3.57. The van der Waals surface area contributed by atoms with Crippen LogP contribution in [-0.4, -0.2) is 23.0 Å². The van der Waals surface area contributed by atoms with Gasteiger partial charge in [-0.15, -0.1) is 11.3 Å². The molecule has 118 valence electrons. The highest BCUT2D eigenvalue weighted by Gasteiger charge is 2.14. The average Bonchev–Trinajstić information content (AvgIpc) is 3.14. The monoisotopic (exact) mass is 346 g/mol. The minimum absolute atomic E-state index is 0.166. The van der Waals surface area contributed by atoms with E-state index in [0.29, 0.717) is 15.6 Å². The van der Waals surface area contributed by atoms with Gasteiger partial charge in [0.1, 0.15) is 0 Å². The normalized spacial score (nSPS) is 10.9. The van der Waals surface area contributed by atoms with Gasteiger partial charge in [0, 0.05) is 0 Å². The van der Waals surface area contributed by atoms with E-state index in [0.717, 1.165) is 10.2 Å². The Balaban J connectivity index is 1.82. The van der Waals surface area contributed by atoms with Gasteiger partial charge in [-0.1, -0.05) is 17.4 Å². The molecule has 5 nitrogen and oxygen atoms in total. The summed E-state index contributed by atoms with van der Waals surface area (Å²) in [5.74, 6) is -0.544. The Morgan fingerprint density at radius 1 is 1.26 bits per heavy atom. The molecule has 2 heterocycles. The zero-order valence-electron chi connectivity index (χ0n) is 12.5. The van der Waals surface area contributed by atoms with E-state index in [2.05, 4.69) is 10.3 Å². The second-order valence-corrected chi connectivity index (χ2v) is 7.07. The van der Waals surface area contributed by atoms with Crippen LogP contribution in [0.1, 0.15) is 33.9 Å². The number of esters is 1. The maximum atomic E-state index is 12.0. The van der Waals surface area contributed by atoms with E-state index in [1.165, 1.54) is 22.7 Å². The molecule has 0 aliphatic rings. The Morgan fingerprint density at radius 2 is 2.09 bits per heavy atom. The number of carbonyl (C=O) groups excluding carboxylic acids is 2. The molecule has 23 heavy (non-hydrogen) atoms. The largest absolute Gasteiger partial charge is 0.459 e. The topological polar surface area (TPSA) is 68.3 Å². The summed E-state index contributed by atoms with van der Waals surface area (Å²) in [5.41, 5.74) is 1.21. The first-order valence-electron chi connectivity index (χ1n) is 6.99. The standard InChI is InChI=1S/C16H14N2O3S2/c1-9(2)21-15(20)10-5-6-11-13(8-10)23-16(17-11)18-14(19)12-4-3-7-22-12/h3-9H,1-2H3,(H,17,18,19). The molecule has 0 atom stereocenters. The van der Waals surface area contributed by atoms with Crippen molar-refractivity contribution >= 4 is 49.9 Å². The van der Waals surface area contributed by atoms with E-state index < -0.39 is 0 Å². The van der Waals surface area contributed by atoms with Gasteiger partial charge in [0.15, 0.2) is 5.13 Å². The van der Waals surface area contributed by atoms with Gasteiger partial charge in [0.05, 0.1) is 26.8 Å². The van der Waals surface area contributed by atoms with Crippen molar-refractivity contribution < 1.29 is 14.3 Å². The van der Waals surface area contributed by atoms with Crippen LogP contribution < -0.4 is 5.32 Å². The predicted octanol–water partition coefficient (Wildman–Crippen LogP) is 4.18. The van der Waals surface area contributed by atoms with Crippen molar-refractivity contribution in [3.05, 3.63) is 46.2 Å². The molecule has 3 rings (SSSR count). The number of aromatic nitrogens is 1. The number of ether oxygens (including phenoxy) is 1. The smallest absolute Gasteiger partial charge is 0.338 e. The SMILES string of the molecule is CC(C)OC(=O)c1ccc2nc(NC(=O)c3cccs3)sc2c1. The van der Waals surface area contributed by atoms with Gasteiger partial charge in [-0.25, -0.2) is 9.78 Å². The molecule has 0 spiro atoms. The molecule has 0 saturated carbocycles. The molecule has 3 aromatic rings. The molecule has 1 aromatic carbocycles. The minimum atomic E-state index is -0.362. The van der Waals surface area contributed by atoms with Gasteiger partial charge in [-0.05, 0) is 43.5 Å². The molecular formula is C16H14N2O3S2. The van der Waals surface area contributed by atoms with Gasteiger partial charge in [0.25, 0.3) is 5.91 Å². The van der Waals surface area contributed by atoms with Crippen molar-refractivity contribution in [2.75, 3.05) is 5.32 Å². The van der Waals surface area contributed by atoms with Crippen LogP contribution in [0, 0.1) is 0 Å². The van der Waals surface area contributed by atoms with Crippen molar-refractivity contribution in [2.24, 2.45) is 0 Å². The number of fused-ring (bicyclic) bond motifs is 1. The summed E-state index contributed by atoms with van der Waals surface area (Å²) in [6.45, 7) is 3.61. The van der Waals surface area contributed by atoms with E-state index in [1.807, 2.05) is 11.4 Å². The van der Waals surface area contributed by atoms with Gasteiger partial charge >= 0.3 is 5.97 Å². The van der Waals surface area contributed by atoms with E-state index >= 15 is 0 Å². The molecule has 2 aromatic heterocycles. The number of hydrogen-bond donors (Lipinski definition) is 1. The maximum Gasteiger partial charge on any atom is 0.338 e.